The molecule has 0 spiro atoms. The van der Waals surface area contributed by atoms with Crippen LogP contribution >= 0.6 is 0 Å². The van der Waals surface area contributed by atoms with E-state index >= 15 is 0 Å². The average Bonchev–Trinajstić information content (AvgIpc) is 2.95. The first-order valence-corrected chi connectivity index (χ1v) is 8.57. The summed E-state index contributed by atoms with van der Waals surface area (Å²) >= 11 is 0. The lowest BCUT2D eigenvalue weighted by atomic mass is 10.0. The zero-order valence-corrected chi connectivity index (χ0v) is 13.5. The second kappa shape index (κ2) is 11.8. The molecule has 0 unspecified atom stereocenters. The molecule has 0 aliphatic rings. The molecule has 0 radical (unpaired) electrons. The third-order valence-electron chi connectivity index (χ3n) is 3.82. The van der Waals surface area contributed by atoms with Crippen LogP contribution in [0, 0.1) is 0 Å². The molecule has 0 aliphatic heterocycles. The molecule has 114 valence electrons. The molecule has 0 aromatic carbocycles. The van der Waals surface area contributed by atoms with Crippen LogP contribution in [0.4, 0.5) is 0 Å². The molecule has 0 saturated heterocycles. The summed E-state index contributed by atoms with van der Waals surface area (Å²) in [5.74, 6) is 1.11. The van der Waals surface area contributed by atoms with Gasteiger partial charge < -0.3 is 4.42 Å². The Morgan fingerprint density at radius 2 is 1.75 bits per heavy atom. The minimum Gasteiger partial charge on any atom is -0.469 e. The Morgan fingerprint density at radius 3 is 2.45 bits per heavy atom. The Morgan fingerprint density at radius 1 is 1.00 bits per heavy atom. The first-order chi connectivity index (χ1) is 9.86. The van der Waals surface area contributed by atoms with E-state index in [9.17, 15) is 0 Å². The van der Waals surface area contributed by atoms with E-state index in [1.54, 1.807) is 11.8 Å². The van der Waals surface area contributed by atoms with Gasteiger partial charge in [-0.2, -0.15) is 0 Å². The Hall–Kier alpha value is -0.980. The van der Waals surface area contributed by atoms with Crippen LogP contribution < -0.4 is 0 Å². The van der Waals surface area contributed by atoms with E-state index < -0.39 is 0 Å². The Kier molecular flexibility index (Phi) is 10.1. The predicted molar refractivity (Wildman–Crippen MR) is 88.0 cm³/mol. The van der Waals surface area contributed by atoms with Gasteiger partial charge in [-0.15, -0.1) is 0 Å². The molecule has 0 fully saturated rings. The molecule has 1 aromatic rings. The molecule has 0 amide bonds. The predicted octanol–water partition coefficient (Wildman–Crippen LogP) is 6.69. The van der Waals surface area contributed by atoms with Crippen LogP contribution in [0.1, 0.15) is 83.8 Å². The monoisotopic (exact) mass is 276 g/mol. The minimum atomic E-state index is 1.01. The van der Waals surface area contributed by atoms with Gasteiger partial charge in [0.15, 0.2) is 0 Å². The van der Waals surface area contributed by atoms with Crippen LogP contribution in [-0.2, 0) is 6.42 Å². The van der Waals surface area contributed by atoms with Gasteiger partial charge in [0, 0.05) is 6.42 Å². The molecule has 0 aliphatic carbocycles. The summed E-state index contributed by atoms with van der Waals surface area (Å²) in [5.41, 5.74) is 1.57. The van der Waals surface area contributed by atoms with E-state index in [-0.39, 0.29) is 0 Å². The second-order valence-corrected chi connectivity index (χ2v) is 5.78. The van der Waals surface area contributed by atoms with Crippen LogP contribution in [0.3, 0.4) is 0 Å². The fraction of sp³-hybridized carbons (Fsp3) is 0.684. The van der Waals surface area contributed by atoms with Gasteiger partial charge in [-0.25, -0.2) is 0 Å². The summed E-state index contributed by atoms with van der Waals surface area (Å²) in [7, 11) is 0. The number of unbranched alkanes of at least 4 members (excludes halogenated alkanes) is 7. The highest BCUT2D eigenvalue weighted by Crippen LogP contribution is 2.17. The Balaban J connectivity index is 2.32. The van der Waals surface area contributed by atoms with Gasteiger partial charge in [0.05, 0.1) is 6.26 Å². The number of hydrogen-bond acceptors (Lipinski definition) is 1. The topological polar surface area (TPSA) is 13.1 Å². The van der Waals surface area contributed by atoms with Gasteiger partial charge >= 0.3 is 0 Å². The molecular weight excluding hydrogens is 244 g/mol. The number of rotatable bonds is 12. The summed E-state index contributed by atoms with van der Waals surface area (Å²) in [4.78, 5) is 0. The van der Waals surface area contributed by atoms with E-state index in [0.29, 0.717) is 0 Å². The van der Waals surface area contributed by atoms with Crippen LogP contribution in [0.15, 0.2) is 34.5 Å². The zero-order valence-electron chi connectivity index (χ0n) is 13.5. The van der Waals surface area contributed by atoms with Crippen molar-refractivity contribution in [1.82, 2.24) is 0 Å². The van der Waals surface area contributed by atoms with Gasteiger partial charge in [0.2, 0.25) is 0 Å². The summed E-state index contributed by atoms with van der Waals surface area (Å²) in [6, 6.07) is 4.08. The molecule has 1 nitrogen and oxygen atoms in total. The fourth-order valence-electron chi connectivity index (χ4n) is 2.56. The van der Waals surface area contributed by atoms with E-state index in [1.807, 2.05) is 6.07 Å². The van der Waals surface area contributed by atoms with Crippen molar-refractivity contribution in [2.45, 2.75) is 84.5 Å². The molecule has 20 heavy (non-hydrogen) atoms. The molecule has 0 bridgehead atoms. The maximum absolute atomic E-state index is 5.49. The highest BCUT2D eigenvalue weighted by Gasteiger charge is 2.02. The van der Waals surface area contributed by atoms with Gasteiger partial charge in [-0.3, -0.25) is 0 Å². The lowest BCUT2D eigenvalue weighted by Crippen LogP contribution is -1.91. The molecular formula is C19H32O. The Bertz CT molecular complexity index is 335. The Labute approximate surface area is 125 Å². The van der Waals surface area contributed by atoms with E-state index in [2.05, 4.69) is 26.0 Å². The van der Waals surface area contributed by atoms with Gasteiger partial charge in [-0.05, 0) is 37.8 Å². The average molecular weight is 276 g/mol. The molecule has 1 heterocycles. The summed E-state index contributed by atoms with van der Waals surface area (Å²) in [6.45, 7) is 4.54. The quantitative estimate of drug-likeness (QED) is 0.306. The van der Waals surface area contributed by atoms with Crippen LogP contribution in [0.25, 0.3) is 0 Å². The van der Waals surface area contributed by atoms with Crippen molar-refractivity contribution < 1.29 is 4.42 Å². The lowest BCUT2D eigenvalue weighted by Gasteiger charge is -2.06. The maximum atomic E-state index is 5.49. The van der Waals surface area contributed by atoms with Crippen molar-refractivity contribution in [2.75, 3.05) is 0 Å². The number of hydrogen-bond donors (Lipinski definition) is 0. The van der Waals surface area contributed by atoms with Gasteiger partial charge in [-0.1, -0.05) is 64.0 Å². The first kappa shape index (κ1) is 17.1. The summed E-state index contributed by atoms with van der Waals surface area (Å²) in [5, 5.41) is 0. The molecule has 0 atom stereocenters. The highest BCUT2D eigenvalue weighted by molar-refractivity contribution is 5.12. The van der Waals surface area contributed by atoms with Crippen molar-refractivity contribution in [2.24, 2.45) is 0 Å². The van der Waals surface area contributed by atoms with Crippen molar-refractivity contribution in [3.05, 3.63) is 35.8 Å². The van der Waals surface area contributed by atoms with Crippen LogP contribution in [0.2, 0.25) is 0 Å². The van der Waals surface area contributed by atoms with Crippen molar-refractivity contribution in [1.29, 1.82) is 0 Å². The zero-order chi connectivity index (χ0) is 14.5. The molecule has 1 aromatic heterocycles. The summed E-state index contributed by atoms with van der Waals surface area (Å²) in [6.07, 6.45) is 18.5. The number of furan rings is 1. The smallest absolute Gasteiger partial charge is 0.107 e. The molecule has 1 rings (SSSR count). The van der Waals surface area contributed by atoms with E-state index in [0.717, 1.165) is 12.2 Å². The minimum absolute atomic E-state index is 1.01. The van der Waals surface area contributed by atoms with Gasteiger partial charge in [0.1, 0.15) is 5.76 Å². The SMILES string of the molecule is CCCCCCC/C=C(\CCCCC)Cc1ccco1. The third kappa shape index (κ3) is 8.24. The van der Waals surface area contributed by atoms with Crippen LogP contribution in [-0.4, -0.2) is 0 Å². The molecule has 0 saturated carbocycles. The standard InChI is InChI=1S/C19H32O/c1-3-5-7-8-9-11-14-18(13-10-6-4-2)17-19-15-12-16-20-19/h12,14-16H,3-11,13,17H2,1-2H3/b18-14+. The van der Waals surface area contributed by atoms with Crippen molar-refractivity contribution >= 4 is 0 Å². The van der Waals surface area contributed by atoms with E-state index in [4.69, 9.17) is 4.42 Å². The molecule has 0 N–H and O–H groups in total. The van der Waals surface area contributed by atoms with Crippen molar-refractivity contribution in [3.8, 4) is 0 Å². The first-order valence-electron chi connectivity index (χ1n) is 8.57. The lowest BCUT2D eigenvalue weighted by molar-refractivity contribution is 0.515. The van der Waals surface area contributed by atoms with Gasteiger partial charge in [0.25, 0.3) is 0 Å². The highest BCUT2D eigenvalue weighted by atomic mass is 16.3. The fourth-order valence-corrected chi connectivity index (χ4v) is 2.56. The summed E-state index contributed by atoms with van der Waals surface area (Å²) < 4.78 is 5.49. The number of allylic oxidation sites excluding steroid dienone is 2. The normalized spacial score (nSPS) is 12.0. The molecule has 1 heteroatoms. The largest absolute Gasteiger partial charge is 0.469 e. The third-order valence-corrected chi connectivity index (χ3v) is 3.82. The second-order valence-electron chi connectivity index (χ2n) is 5.78. The van der Waals surface area contributed by atoms with Crippen LogP contribution in [0.5, 0.6) is 0 Å². The van der Waals surface area contributed by atoms with Crippen molar-refractivity contribution in [3.63, 3.8) is 0 Å². The van der Waals surface area contributed by atoms with E-state index in [1.165, 1.54) is 64.2 Å². The maximum Gasteiger partial charge on any atom is 0.107 e.